The Balaban J connectivity index is 2.13. The van der Waals surface area contributed by atoms with Crippen LogP contribution in [0.1, 0.15) is 18.9 Å². The summed E-state index contributed by atoms with van der Waals surface area (Å²) in [5.74, 6) is -0.168. The molecule has 1 heterocycles. The molecule has 6 heteroatoms. The summed E-state index contributed by atoms with van der Waals surface area (Å²) in [4.78, 5) is 24.4. The van der Waals surface area contributed by atoms with Crippen molar-refractivity contribution < 1.29 is 14.5 Å². The zero-order valence-corrected chi connectivity index (χ0v) is 11.9. The quantitative estimate of drug-likeness (QED) is 0.349. The van der Waals surface area contributed by atoms with Gasteiger partial charge in [0.1, 0.15) is 6.10 Å². The minimum atomic E-state index is -0.574. The SMILES string of the molecule is C=CCCOC(C)C(=O)N1CCc2ccc([N+](=O)[O-])cc21. The highest BCUT2D eigenvalue weighted by molar-refractivity contribution is 5.98. The molecular formula is C15H18N2O4. The van der Waals surface area contributed by atoms with Gasteiger partial charge in [-0.2, -0.15) is 0 Å². The molecule has 6 nitrogen and oxygen atoms in total. The van der Waals surface area contributed by atoms with E-state index in [1.165, 1.54) is 12.1 Å². The minimum absolute atomic E-state index is 0.00585. The Labute approximate surface area is 123 Å². The molecule has 0 fully saturated rings. The molecule has 0 radical (unpaired) electrons. The van der Waals surface area contributed by atoms with Crippen molar-refractivity contribution in [1.29, 1.82) is 0 Å². The minimum Gasteiger partial charge on any atom is -0.368 e. The Bertz CT molecular complexity index is 571. The number of ether oxygens (including phenoxy) is 1. The van der Waals surface area contributed by atoms with Gasteiger partial charge in [-0.1, -0.05) is 12.1 Å². The summed E-state index contributed by atoms with van der Waals surface area (Å²) in [6.07, 6.45) is 2.54. The second-order valence-electron chi connectivity index (χ2n) is 4.90. The molecule has 0 saturated heterocycles. The van der Waals surface area contributed by atoms with Crippen LogP contribution in [0.4, 0.5) is 11.4 Å². The van der Waals surface area contributed by atoms with E-state index in [9.17, 15) is 14.9 Å². The largest absolute Gasteiger partial charge is 0.368 e. The van der Waals surface area contributed by atoms with E-state index < -0.39 is 11.0 Å². The molecule has 1 aromatic rings. The van der Waals surface area contributed by atoms with Crippen LogP contribution in [0, 0.1) is 10.1 Å². The number of nitro groups is 1. The Morgan fingerprint density at radius 1 is 1.62 bits per heavy atom. The van der Waals surface area contributed by atoms with Gasteiger partial charge >= 0.3 is 0 Å². The lowest BCUT2D eigenvalue weighted by Gasteiger charge is -2.21. The molecule has 1 atom stereocenters. The van der Waals surface area contributed by atoms with Crippen molar-refractivity contribution in [1.82, 2.24) is 0 Å². The molecule has 1 unspecified atom stereocenters. The molecule has 1 aliphatic rings. The van der Waals surface area contributed by atoms with Crippen LogP contribution in [0.2, 0.25) is 0 Å². The number of fused-ring (bicyclic) bond motifs is 1. The number of benzene rings is 1. The third-order valence-corrected chi connectivity index (χ3v) is 3.48. The predicted octanol–water partition coefficient (Wildman–Crippen LogP) is 2.47. The highest BCUT2D eigenvalue weighted by Gasteiger charge is 2.29. The number of hydrogen-bond donors (Lipinski definition) is 0. The highest BCUT2D eigenvalue weighted by atomic mass is 16.6. The average molecular weight is 290 g/mol. The molecule has 0 aromatic heterocycles. The van der Waals surface area contributed by atoms with E-state index in [4.69, 9.17) is 4.74 Å². The molecule has 2 rings (SSSR count). The summed E-state index contributed by atoms with van der Waals surface area (Å²) in [7, 11) is 0. The maximum absolute atomic E-state index is 12.4. The Morgan fingerprint density at radius 3 is 3.05 bits per heavy atom. The van der Waals surface area contributed by atoms with Crippen molar-refractivity contribution in [3.05, 3.63) is 46.5 Å². The van der Waals surface area contributed by atoms with Gasteiger partial charge in [0.05, 0.1) is 17.2 Å². The van der Waals surface area contributed by atoms with E-state index in [1.54, 1.807) is 24.0 Å². The van der Waals surface area contributed by atoms with Gasteiger partial charge in [0.2, 0.25) is 0 Å². The number of rotatable bonds is 6. The fraction of sp³-hybridized carbons (Fsp3) is 0.400. The van der Waals surface area contributed by atoms with E-state index in [-0.39, 0.29) is 11.6 Å². The number of amides is 1. The van der Waals surface area contributed by atoms with Gasteiger partial charge in [-0.15, -0.1) is 6.58 Å². The van der Waals surface area contributed by atoms with Crippen molar-refractivity contribution >= 4 is 17.3 Å². The van der Waals surface area contributed by atoms with Crippen LogP contribution < -0.4 is 4.90 Å². The van der Waals surface area contributed by atoms with Gasteiger partial charge in [-0.05, 0) is 25.3 Å². The van der Waals surface area contributed by atoms with Crippen LogP contribution in [-0.2, 0) is 16.0 Å². The van der Waals surface area contributed by atoms with Crippen molar-refractivity contribution in [2.24, 2.45) is 0 Å². The van der Waals surface area contributed by atoms with Crippen LogP contribution in [0.15, 0.2) is 30.9 Å². The molecule has 0 aliphatic carbocycles. The first-order valence-corrected chi connectivity index (χ1v) is 6.85. The van der Waals surface area contributed by atoms with E-state index in [1.807, 2.05) is 0 Å². The monoisotopic (exact) mass is 290 g/mol. The zero-order chi connectivity index (χ0) is 15.4. The molecule has 0 saturated carbocycles. The van der Waals surface area contributed by atoms with Gasteiger partial charge in [0.15, 0.2) is 0 Å². The first kappa shape index (κ1) is 15.2. The van der Waals surface area contributed by atoms with Crippen LogP contribution >= 0.6 is 0 Å². The van der Waals surface area contributed by atoms with E-state index in [2.05, 4.69) is 6.58 Å². The van der Waals surface area contributed by atoms with Crippen LogP contribution in [0.5, 0.6) is 0 Å². The molecule has 0 bridgehead atoms. The number of carbonyl (C=O) groups excluding carboxylic acids is 1. The normalized spacial score (nSPS) is 14.6. The van der Waals surface area contributed by atoms with Gasteiger partial charge in [0, 0.05) is 18.7 Å². The van der Waals surface area contributed by atoms with Gasteiger partial charge in [-0.3, -0.25) is 14.9 Å². The van der Waals surface area contributed by atoms with E-state index in [0.717, 1.165) is 5.56 Å². The van der Waals surface area contributed by atoms with Crippen molar-refractivity contribution in [2.45, 2.75) is 25.9 Å². The van der Waals surface area contributed by atoms with Crippen molar-refractivity contribution in [3.63, 3.8) is 0 Å². The lowest BCUT2D eigenvalue weighted by molar-refractivity contribution is -0.384. The van der Waals surface area contributed by atoms with Crippen molar-refractivity contribution in [3.8, 4) is 0 Å². The molecular weight excluding hydrogens is 272 g/mol. The smallest absolute Gasteiger partial charge is 0.271 e. The first-order valence-electron chi connectivity index (χ1n) is 6.85. The maximum Gasteiger partial charge on any atom is 0.271 e. The van der Waals surface area contributed by atoms with Crippen molar-refractivity contribution in [2.75, 3.05) is 18.1 Å². The standard InChI is InChI=1S/C15H18N2O4/c1-3-4-9-21-11(2)15(18)16-8-7-12-5-6-13(17(19)20)10-14(12)16/h3,5-6,10-11H,1,4,7-9H2,2H3. The van der Waals surface area contributed by atoms with Crippen LogP contribution in [0.3, 0.4) is 0 Å². The number of anilines is 1. The lowest BCUT2D eigenvalue weighted by atomic mass is 10.1. The summed E-state index contributed by atoms with van der Waals surface area (Å²) in [5, 5.41) is 10.9. The summed E-state index contributed by atoms with van der Waals surface area (Å²) in [6, 6.07) is 4.64. The highest BCUT2D eigenvalue weighted by Crippen LogP contribution is 2.32. The lowest BCUT2D eigenvalue weighted by Crippen LogP contribution is -2.38. The average Bonchev–Trinajstić information content (AvgIpc) is 2.89. The summed E-state index contributed by atoms with van der Waals surface area (Å²) >= 11 is 0. The number of carbonyl (C=O) groups is 1. The van der Waals surface area contributed by atoms with Gasteiger partial charge < -0.3 is 9.64 Å². The molecule has 1 amide bonds. The zero-order valence-electron chi connectivity index (χ0n) is 11.9. The second-order valence-corrected chi connectivity index (χ2v) is 4.90. The summed E-state index contributed by atoms with van der Waals surface area (Å²) in [6.45, 7) is 6.26. The molecule has 0 N–H and O–H groups in total. The van der Waals surface area contributed by atoms with E-state index >= 15 is 0 Å². The van der Waals surface area contributed by atoms with Gasteiger partial charge in [-0.25, -0.2) is 0 Å². The molecule has 1 aromatic carbocycles. The summed E-state index contributed by atoms with van der Waals surface area (Å²) in [5.41, 5.74) is 1.56. The third kappa shape index (κ3) is 3.28. The predicted molar refractivity (Wildman–Crippen MR) is 79.4 cm³/mol. The van der Waals surface area contributed by atoms with Crippen LogP contribution in [-0.4, -0.2) is 30.1 Å². The van der Waals surface area contributed by atoms with Crippen LogP contribution in [0.25, 0.3) is 0 Å². The van der Waals surface area contributed by atoms with E-state index in [0.29, 0.717) is 31.7 Å². The number of hydrogen-bond acceptors (Lipinski definition) is 4. The first-order chi connectivity index (χ1) is 10.0. The Hall–Kier alpha value is -2.21. The fourth-order valence-corrected chi connectivity index (χ4v) is 2.33. The fourth-order valence-electron chi connectivity index (χ4n) is 2.33. The molecule has 0 spiro atoms. The third-order valence-electron chi connectivity index (χ3n) is 3.48. The summed E-state index contributed by atoms with van der Waals surface area (Å²) < 4.78 is 5.45. The molecule has 1 aliphatic heterocycles. The number of non-ortho nitro benzene ring substituents is 1. The Kier molecular flexibility index (Phi) is 4.70. The topological polar surface area (TPSA) is 72.7 Å². The molecule has 112 valence electrons. The number of nitro benzene ring substituents is 1. The maximum atomic E-state index is 12.4. The molecule has 21 heavy (non-hydrogen) atoms. The number of nitrogens with zero attached hydrogens (tertiary/aromatic N) is 2. The van der Waals surface area contributed by atoms with Gasteiger partial charge in [0.25, 0.3) is 11.6 Å². The Morgan fingerprint density at radius 2 is 2.38 bits per heavy atom. The second kappa shape index (κ2) is 6.49.